The maximum Gasteiger partial charge on any atom is 0.193 e. The van der Waals surface area contributed by atoms with E-state index in [4.69, 9.17) is 9.47 Å². The molecule has 1 aromatic rings. The molecule has 0 bridgehead atoms. The van der Waals surface area contributed by atoms with Gasteiger partial charge in [0.1, 0.15) is 0 Å². The van der Waals surface area contributed by atoms with Crippen molar-refractivity contribution in [3.05, 3.63) is 34.3 Å². The Morgan fingerprint density at radius 3 is 2.41 bits per heavy atom. The number of hydrogen-bond acceptors (Lipinski definition) is 4. The van der Waals surface area contributed by atoms with Gasteiger partial charge in [-0.25, -0.2) is 0 Å². The molecular weight excluding hydrogens is 523 g/mol. The Morgan fingerprint density at radius 1 is 1.15 bits per heavy atom. The molecular formula is C19H32BrIN4O2. The molecule has 154 valence electrons. The van der Waals surface area contributed by atoms with Crippen LogP contribution >= 0.6 is 39.9 Å². The van der Waals surface area contributed by atoms with Crippen molar-refractivity contribution in [2.45, 2.75) is 13.0 Å². The van der Waals surface area contributed by atoms with Gasteiger partial charge in [0.15, 0.2) is 5.96 Å². The Labute approximate surface area is 188 Å². The van der Waals surface area contributed by atoms with Gasteiger partial charge in [0.2, 0.25) is 0 Å². The van der Waals surface area contributed by atoms with E-state index in [1.54, 1.807) is 7.11 Å². The van der Waals surface area contributed by atoms with Gasteiger partial charge in [-0.15, -0.1) is 24.0 Å². The molecule has 1 fully saturated rings. The highest BCUT2D eigenvalue weighted by atomic mass is 127. The smallest absolute Gasteiger partial charge is 0.193 e. The molecule has 2 rings (SSSR count). The number of nitrogens with zero attached hydrogens (tertiary/aromatic N) is 3. The van der Waals surface area contributed by atoms with Gasteiger partial charge in [-0.1, -0.05) is 28.1 Å². The number of rotatable bonds is 8. The lowest BCUT2D eigenvalue weighted by molar-refractivity contribution is 0.0728. The highest BCUT2D eigenvalue weighted by molar-refractivity contribution is 14.0. The summed E-state index contributed by atoms with van der Waals surface area (Å²) < 4.78 is 11.6. The molecule has 0 aromatic heterocycles. The molecule has 1 saturated heterocycles. The summed E-state index contributed by atoms with van der Waals surface area (Å²) in [6.45, 7) is 8.97. The van der Waals surface area contributed by atoms with Gasteiger partial charge in [-0.05, 0) is 24.6 Å². The first-order chi connectivity index (χ1) is 12.7. The number of aliphatic imine (C=N–C) groups is 1. The molecule has 0 amide bonds. The van der Waals surface area contributed by atoms with E-state index in [0.717, 1.165) is 43.2 Å². The number of piperazine rings is 1. The van der Waals surface area contributed by atoms with Crippen molar-refractivity contribution in [2.75, 3.05) is 66.7 Å². The van der Waals surface area contributed by atoms with Crippen molar-refractivity contribution in [1.29, 1.82) is 0 Å². The Morgan fingerprint density at radius 2 is 1.81 bits per heavy atom. The normalized spacial score (nSPS) is 16.7. The molecule has 1 atom stereocenters. The zero-order chi connectivity index (χ0) is 18.8. The predicted molar refractivity (Wildman–Crippen MR) is 125 cm³/mol. The van der Waals surface area contributed by atoms with E-state index in [9.17, 15) is 0 Å². The van der Waals surface area contributed by atoms with Gasteiger partial charge < -0.3 is 19.7 Å². The van der Waals surface area contributed by atoms with Crippen molar-refractivity contribution in [3.8, 4) is 0 Å². The van der Waals surface area contributed by atoms with Crippen LogP contribution in [0.15, 0.2) is 33.7 Å². The molecule has 1 heterocycles. The molecule has 6 nitrogen and oxygen atoms in total. The maximum absolute atomic E-state index is 5.49. The molecule has 1 N–H and O–H groups in total. The fraction of sp³-hybridized carbons (Fsp3) is 0.632. The topological polar surface area (TPSA) is 49.3 Å². The van der Waals surface area contributed by atoms with Crippen LogP contribution in [-0.4, -0.2) is 82.5 Å². The molecule has 1 aliphatic rings. The van der Waals surface area contributed by atoms with Crippen molar-refractivity contribution < 1.29 is 9.47 Å². The first-order valence-electron chi connectivity index (χ1n) is 9.17. The lowest BCUT2D eigenvalue weighted by Crippen LogP contribution is -2.53. The standard InChI is InChI=1S/C19H31BrN4O2.HI/c1-16(17-4-6-18(20)7-5-17)23-9-11-24(12-10-23)19(21-2)22-8-13-26-15-14-25-3;/h4-7,16H,8-15H2,1-3H3,(H,21,22);1H. The van der Waals surface area contributed by atoms with Crippen LogP contribution in [0.5, 0.6) is 0 Å². The summed E-state index contributed by atoms with van der Waals surface area (Å²) in [5, 5.41) is 3.38. The van der Waals surface area contributed by atoms with Crippen LogP contribution in [0.3, 0.4) is 0 Å². The second-order valence-corrected chi connectivity index (χ2v) is 7.25. The van der Waals surface area contributed by atoms with E-state index in [-0.39, 0.29) is 24.0 Å². The van der Waals surface area contributed by atoms with Crippen molar-refractivity contribution in [2.24, 2.45) is 4.99 Å². The molecule has 1 unspecified atom stereocenters. The molecule has 0 saturated carbocycles. The summed E-state index contributed by atoms with van der Waals surface area (Å²) in [4.78, 5) is 9.26. The largest absolute Gasteiger partial charge is 0.382 e. The number of hydrogen-bond donors (Lipinski definition) is 1. The molecule has 1 aliphatic heterocycles. The SMILES string of the molecule is CN=C(NCCOCCOC)N1CCN(C(C)c2ccc(Br)cc2)CC1.I. The van der Waals surface area contributed by atoms with Crippen LogP contribution in [-0.2, 0) is 9.47 Å². The van der Waals surface area contributed by atoms with Crippen LogP contribution in [0.2, 0.25) is 0 Å². The second kappa shape index (κ2) is 13.7. The fourth-order valence-electron chi connectivity index (χ4n) is 3.08. The summed E-state index contributed by atoms with van der Waals surface area (Å²) in [5.74, 6) is 0.955. The minimum Gasteiger partial charge on any atom is -0.382 e. The predicted octanol–water partition coefficient (Wildman–Crippen LogP) is 2.98. The van der Waals surface area contributed by atoms with Gasteiger partial charge >= 0.3 is 0 Å². The molecule has 0 radical (unpaired) electrons. The Balaban J connectivity index is 0.00000364. The average Bonchev–Trinajstić information content (AvgIpc) is 2.68. The number of benzene rings is 1. The van der Waals surface area contributed by atoms with Crippen molar-refractivity contribution in [1.82, 2.24) is 15.1 Å². The van der Waals surface area contributed by atoms with Gasteiger partial charge in [0.25, 0.3) is 0 Å². The van der Waals surface area contributed by atoms with Gasteiger partial charge in [0.05, 0.1) is 19.8 Å². The van der Waals surface area contributed by atoms with Crippen LogP contribution in [0, 0.1) is 0 Å². The van der Waals surface area contributed by atoms with Gasteiger partial charge in [-0.2, -0.15) is 0 Å². The quantitative estimate of drug-likeness (QED) is 0.232. The summed E-state index contributed by atoms with van der Waals surface area (Å²) in [6, 6.07) is 9.05. The van der Waals surface area contributed by atoms with Crippen LogP contribution < -0.4 is 5.32 Å². The third-order valence-electron chi connectivity index (χ3n) is 4.69. The average molecular weight is 555 g/mol. The van der Waals surface area contributed by atoms with E-state index in [1.165, 1.54) is 5.56 Å². The minimum atomic E-state index is 0. The Kier molecular flexibility index (Phi) is 12.5. The maximum atomic E-state index is 5.49. The summed E-state index contributed by atoms with van der Waals surface area (Å²) >= 11 is 3.50. The molecule has 1 aromatic carbocycles. The zero-order valence-corrected chi connectivity index (χ0v) is 20.4. The fourth-order valence-corrected chi connectivity index (χ4v) is 3.35. The number of guanidine groups is 1. The minimum absolute atomic E-state index is 0. The summed E-state index contributed by atoms with van der Waals surface area (Å²) in [6.07, 6.45) is 0. The Hall–Kier alpha value is -0.420. The second-order valence-electron chi connectivity index (χ2n) is 6.33. The van der Waals surface area contributed by atoms with Gasteiger partial charge in [0, 0.05) is 57.4 Å². The highest BCUT2D eigenvalue weighted by Crippen LogP contribution is 2.23. The monoisotopic (exact) mass is 554 g/mol. The van der Waals surface area contributed by atoms with Crippen molar-refractivity contribution >= 4 is 45.9 Å². The summed E-state index contributed by atoms with van der Waals surface area (Å²) in [5.41, 5.74) is 1.36. The molecule has 27 heavy (non-hydrogen) atoms. The first-order valence-corrected chi connectivity index (χ1v) is 9.96. The third kappa shape index (κ3) is 8.23. The first kappa shape index (κ1) is 24.6. The number of nitrogens with one attached hydrogen (secondary N) is 1. The summed E-state index contributed by atoms with van der Waals surface area (Å²) in [7, 11) is 3.52. The van der Waals surface area contributed by atoms with E-state index >= 15 is 0 Å². The molecule has 8 heteroatoms. The van der Waals surface area contributed by atoms with E-state index in [0.29, 0.717) is 25.9 Å². The lowest BCUT2D eigenvalue weighted by Gasteiger charge is -2.39. The molecule has 0 aliphatic carbocycles. The number of halogens is 2. The van der Waals surface area contributed by atoms with E-state index in [2.05, 4.69) is 67.2 Å². The van der Waals surface area contributed by atoms with Crippen LogP contribution in [0.1, 0.15) is 18.5 Å². The zero-order valence-electron chi connectivity index (χ0n) is 16.5. The van der Waals surface area contributed by atoms with Crippen molar-refractivity contribution in [3.63, 3.8) is 0 Å². The lowest BCUT2D eigenvalue weighted by atomic mass is 10.1. The Bertz CT molecular complexity index is 551. The van der Waals surface area contributed by atoms with Gasteiger partial charge in [-0.3, -0.25) is 9.89 Å². The number of ether oxygens (including phenoxy) is 2. The van der Waals surface area contributed by atoms with Crippen LogP contribution in [0.25, 0.3) is 0 Å². The number of methoxy groups -OCH3 is 1. The van der Waals surface area contributed by atoms with E-state index in [1.807, 2.05) is 7.05 Å². The highest BCUT2D eigenvalue weighted by Gasteiger charge is 2.23. The molecule has 0 spiro atoms. The van der Waals surface area contributed by atoms with E-state index < -0.39 is 0 Å². The van der Waals surface area contributed by atoms with Crippen LogP contribution in [0.4, 0.5) is 0 Å². The third-order valence-corrected chi connectivity index (χ3v) is 5.22.